The van der Waals surface area contributed by atoms with Gasteiger partial charge in [-0.3, -0.25) is 4.79 Å². The summed E-state index contributed by atoms with van der Waals surface area (Å²) >= 11 is 0. The molecule has 3 N–H and O–H groups in total. The van der Waals surface area contributed by atoms with Crippen LogP contribution >= 0.6 is 0 Å². The first-order valence-electron chi connectivity index (χ1n) is 5.99. The van der Waals surface area contributed by atoms with Gasteiger partial charge in [-0.05, 0) is 31.1 Å². The highest BCUT2D eigenvalue weighted by atomic mass is 16.5. The predicted octanol–water partition coefficient (Wildman–Crippen LogP) is 1.05. The van der Waals surface area contributed by atoms with Gasteiger partial charge in [-0.15, -0.1) is 0 Å². The lowest BCUT2D eigenvalue weighted by atomic mass is 9.92. The third-order valence-electron chi connectivity index (χ3n) is 3.28. The molecule has 1 aliphatic rings. The number of hydrogen-bond acceptors (Lipinski definition) is 3. The lowest BCUT2D eigenvalue weighted by Gasteiger charge is -2.19. The van der Waals surface area contributed by atoms with E-state index in [1.807, 2.05) is 0 Å². The van der Waals surface area contributed by atoms with Crippen LogP contribution in [0, 0.1) is 5.41 Å². The highest BCUT2D eigenvalue weighted by molar-refractivity contribution is 5.81. The van der Waals surface area contributed by atoms with Gasteiger partial charge in [-0.2, -0.15) is 0 Å². The van der Waals surface area contributed by atoms with E-state index >= 15 is 0 Å². The first-order chi connectivity index (χ1) is 7.44. The fraction of sp³-hybridized carbons (Fsp3) is 0.917. The van der Waals surface area contributed by atoms with Gasteiger partial charge in [0.2, 0.25) is 5.91 Å². The van der Waals surface area contributed by atoms with E-state index in [1.165, 1.54) is 6.42 Å². The maximum absolute atomic E-state index is 11.7. The monoisotopic (exact) mass is 228 g/mol. The van der Waals surface area contributed by atoms with Crippen LogP contribution in [0.25, 0.3) is 0 Å². The van der Waals surface area contributed by atoms with Crippen molar-refractivity contribution in [1.29, 1.82) is 0 Å². The number of nitrogens with two attached hydrogens (primary N) is 1. The van der Waals surface area contributed by atoms with Crippen molar-refractivity contribution in [1.82, 2.24) is 5.32 Å². The molecule has 1 saturated carbocycles. The van der Waals surface area contributed by atoms with Crippen LogP contribution in [0.5, 0.6) is 0 Å². The van der Waals surface area contributed by atoms with Crippen LogP contribution < -0.4 is 11.1 Å². The van der Waals surface area contributed by atoms with Crippen LogP contribution in [0.1, 0.15) is 39.5 Å². The molecule has 4 heteroatoms. The summed E-state index contributed by atoms with van der Waals surface area (Å²) in [5.41, 5.74) is 6.11. The van der Waals surface area contributed by atoms with Crippen LogP contribution in [0.15, 0.2) is 0 Å². The summed E-state index contributed by atoms with van der Waals surface area (Å²) in [7, 11) is 1.62. The molecule has 1 amide bonds. The largest absolute Gasteiger partial charge is 0.385 e. The minimum absolute atomic E-state index is 0.0419. The van der Waals surface area contributed by atoms with E-state index in [1.54, 1.807) is 7.11 Å². The molecule has 0 heterocycles. The van der Waals surface area contributed by atoms with E-state index in [2.05, 4.69) is 19.2 Å². The second-order valence-electron chi connectivity index (χ2n) is 5.50. The fourth-order valence-electron chi connectivity index (χ4n) is 2.24. The van der Waals surface area contributed by atoms with Crippen LogP contribution in [-0.2, 0) is 9.53 Å². The molecule has 2 atom stereocenters. The Bertz CT molecular complexity index is 241. The van der Waals surface area contributed by atoms with Gasteiger partial charge in [0.25, 0.3) is 0 Å². The van der Waals surface area contributed by atoms with Gasteiger partial charge in [0.1, 0.15) is 0 Å². The second kappa shape index (κ2) is 5.64. The van der Waals surface area contributed by atoms with Crippen molar-refractivity contribution in [2.24, 2.45) is 11.1 Å². The molecule has 0 saturated heterocycles. The fourth-order valence-corrected chi connectivity index (χ4v) is 2.24. The molecule has 0 aromatic rings. The van der Waals surface area contributed by atoms with Crippen molar-refractivity contribution < 1.29 is 9.53 Å². The second-order valence-corrected chi connectivity index (χ2v) is 5.50. The van der Waals surface area contributed by atoms with Crippen molar-refractivity contribution in [2.45, 2.75) is 51.6 Å². The minimum atomic E-state index is -0.441. The molecule has 94 valence electrons. The molecule has 0 aromatic carbocycles. The van der Waals surface area contributed by atoms with Crippen LogP contribution in [0.4, 0.5) is 0 Å². The molecule has 1 aliphatic carbocycles. The maximum atomic E-state index is 11.7. The number of carbonyl (C=O) groups excluding carboxylic acids is 1. The summed E-state index contributed by atoms with van der Waals surface area (Å²) in [6.07, 6.45) is 3.87. The average molecular weight is 228 g/mol. The van der Waals surface area contributed by atoms with E-state index in [4.69, 9.17) is 10.5 Å². The molecule has 1 rings (SSSR count). The van der Waals surface area contributed by atoms with Crippen molar-refractivity contribution >= 4 is 5.91 Å². The van der Waals surface area contributed by atoms with Crippen LogP contribution in [-0.4, -0.2) is 31.7 Å². The molecule has 4 nitrogen and oxygen atoms in total. The number of carbonyl (C=O) groups is 1. The Balaban J connectivity index is 2.29. The van der Waals surface area contributed by atoms with E-state index in [0.717, 1.165) is 12.8 Å². The Labute approximate surface area is 97.9 Å². The van der Waals surface area contributed by atoms with Crippen molar-refractivity contribution in [3.05, 3.63) is 0 Å². The molecule has 16 heavy (non-hydrogen) atoms. The molecular weight excluding hydrogens is 204 g/mol. The Kier molecular flexibility index (Phi) is 4.74. The number of ether oxygens (including phenoxy) is 1. The third kappa shape index (κ3) is 4.10. The summed E-state index contributed by atoms with van der Waals surface area (Å²) < 4.78 is 4.91. The summed E-state index contributed by atoms with van der Waals surface area (Å²) in [5, 5.41) is 3.02. The summed E-state index contributed by atoms with van der Waals surface area (Å²) in [6.45, 7) is 5.01. The Morgan fingerprint density at radius 3 is 2.81 bits per heavy atom. The van der Waals surface area contributed by atoms with Gasteiger partial charge >= 0.3 is 0 Å². The topological polar surface area (TPSA) is 64.3 Å². The molecule has 0 radical (unpaired) electrons. The van der Waals surface area contributed by atoms with E-state index < -0.39 is 6.04 Å². The normalized spacial score (nSPS) is 25.4. The summed E-state index contributed by atoms with van der Waals surface area (Å²) in [6, 6.07) is -0.139. The van der Waals surface area contributed by atoms with Crippen molar-refractivity contribution in [3.63, 3.8) is 0 Å². The molecule has 0 spiro atoms. The number of rotatable bonds is 5. The molecular formula is C12H24N2O2. The standard InChI is InChI=1S/C12H24N2O2/c1-12(2)6-4-9(8-12)14-11(15)10(13)5-7-16-3/h9-10H,4-8,13H2,1-3H3,(H,14,15). The Hall–Kier alpha value is -0.610. The number of nitrogens with one attached hydrogen (secondary N) is 1. The van der Waals surface area contributed by atoms with Gasteiger partial charge in [-0.25, -0.2) is 0 Å². The minimum Gasteiger partial charge on any atom is -0.385 e. The van der Waals surface area contributed by atoms with Gasteiger partial charge in [0.15, 0.2) is 0 Å². The number of methoxy groups -OCH3 is 1. The van der Waals surface area contributed by atoms with Crippen LogP contribution in [0.2, 0.25) is 0 Å². The van der Waals surface area contributed by atoms with Gasteiger partial charge < -0.3 is 15.8 Å². The first kappa shape index (κ1) is 13.5. The number of hydrogen-bond donors (Lipinski definition) is 2. The van der Waals surface area contributed by atoms with Gasteiger partial charge in [-0.1, -0.05) is 13.8 Å². The SMILES string of the molecule is COCCC(N)C(=O)NC1CCC(C)(C)C1. The summed E-state index contributed by atoms with van der Waals surface area (Å²) in [5.74, 6) is -0.0419. The maximum Gasteiger partial charge on any atom is 0.237 e. The highest BCUT2D eigenvalue weighted by Crippen LogP contribution is 2.36. The van der Waals surface area contributed by atoms with Gasteiger partial charge in [0, 0.05) is 19.8 Å². The molecule has 1 fully saturated rings. The average Bonchev–Trinajstić information content (AvgIpc) is 2.54. The van der Waals surface area contributed by atoms with Crippen LogP contribution in [0.3, 0.4) is 0 Å². The quantitative estimate of drug-likeness (QED) is 0.739. The lowest BCUT2D eigenvalue weighted by molar-refractivity contribution is -0.123. The highest BCUT2D eigenvalue weighted by Gasteiger charge is 2.32. The van der Waals surface area contributed by atoms with E-state index in [0.29, 0.717) is 24.5 Å². The molecule has 0 aromatic heterocycles. The third-order valence-corrected chi connectivity index (χ3v) is 3.28. The van der Waals surface area contributed by atoms with Gasteiger partial charge in [0.05, 0.1) is 6.04 Å². The zero-order chi connectivity index (χ0) is 12.2. The van der Waals surface area contributed by atoms with Crippen molar-refractivity contribution in [3.8, 4) is 0 Å². The smallest absolute Gasteiger partial charge is 0.237 e. The zero-order valence-corrected chi connectivity index (χ0v) is 10.6. The van der Waals surface area contributed by atoms with E-state index in [-0.39, 0.29) is 5.91 Å². The van der Waals surface area contributed by atoms with E-state index in [9.17, 15) is 4.79 Å². The Morgan fingerprint density at radius 2 is 2.31 bits per heavy atom. The first-order valence-corrected chi connectivity index (χ1v) is 5.99. The molecule has 0 aliphatic heterocycles. The molecule has 0 bridgehead atoms. The predicted molar refractivity (Wildman–Crippen MR) is 64.0 cm³/mol. The zero-order valence-electron chi connectivity index (χ0n) is 10.6. The molecule has 2 unspecified atom stereocenters. The Morgan fingerprint density at radius 1 is 1.62 bits per heavy atom. The van der Waals surface area contributed by atoms with Crippen molar-refractivity contribution in [2.75, 3.05) is 13.7 Å². The summed E-state index contributed by atoms with van der Waals surface area (Å²) in [4.78, 5) is 11.7. The lowest BCUT2D eigenvalue weighted by Crippen LogP contribution is -2.45. The number of amides is 1.